The minimum absolute atomic E-state index is 0.0354. The Kier molecular flexibility index (Phi) is 6.51. The van der Waals surface area contributed by atoms with Gasteiger partial charge in [-0.15, -0.1) is 0 Å². The highest BCUT2D eigenvalue weighted by molar-refractivity contribution is 7.22. The fraction of sp³-hybridized carbons (Fsp3) is 0.167. The molecule has 1 amide bonds. The molecule has 0 radical (unpaired) electrons. The number of carbonyl (C=O) groups is 1. The van der Waals surface area contributed by atoms with Crippen molar-refractivity contribution in [2.75, 3.05) is 18.6 Å². The fourth-order valence-electron chi connectivity index (χ4n) is 3.30. The quantitative estimate of drug-likeness (QED) is 0.405. The van der Waals surface area contributed by atoms with Crippen LogP contribution in [0.2, 0.25) is 0 Å². The summed E-state index contributed by atoms with van der Waals surface area (Å²) in [4.78, 5) is 18.2. The first-order chi connectivity index (χ1) is 15.5. The van der Waals surface area contributed by atoms with E-state index in [1.807, 2.05) is 41.3 Å². The third kappa shape index (κ3) is 4.97. The van der Waals surface area contributed by atoms with Crippen LogP contribution in [0.15, 0.2) is 66.7 Å². The number of nitrogens with two attached hydrogens (primary N) is 1. The van der Waals surface area contributed by atoms with Crippen molar-refractivity contribution in [1.29, 1.82) is 0 Å². The molecular weight excluding hydrogens is 429 g/mol. The van der Waals surface area contributed by atoms with E-state index in [2.05, 4.69) is 4.98 Å². The Labute approximate surface area is 189 Å². The Morgan fingerprint density at radius 1 is 1.09 bits per heavy atom. The van der Waals surface area contributed by atoms with Crippen molar-refractivity contribution >= 4 is 32.6 Å². The number of hydrogen-bond acceptors (Lipinski definition) is 6. The van der Waals surface area contributed by atoms with Crippen molar-refractivity contribution in [3.05, 3.63) is 83.7 Å². The molecule has 8 heteroatoms. The topological polar surface area (TPSA) is 77.7 Å². The van der Waals surface area contributed by atoms with Crippen molar-refractivity contribution in [3.8, 4) is 11.5 Å². The molecule has 0 saturated heterocycles. The van der Waals surface area contributed by atoms with E-state index < -0.39 is 5.91 Å². The molecular formula is C24H22FN3O3S. The molecule has 1 aromatic heterocycles. The number of anilines is 1. The van der Waals surface area contributed by atoms with Gasteiger partial charge in [-0.1, -0.05) is 47.7 Å². The number of amides is 1. The first-order valence-electron chi connectivity index (χ1n) is 9.95. The molecule has 4 rings (SSSR count). The van der Waals surface area contributed by atoms with Gasteiger partial charge >= 0.3 is 0 Å². The number of fused-ring (bicyclic) bond motifs is 1. The van der Waals surface area contributed by atoms with Crippen LogP contribution in [0.25, 0.3) is 10.2 Å². The van der Waals surface area contributed by atoms with Crippen LogP contribution in [-0.4, -0.2) is 24.5 Å². The first kappa shape index (κ1) is 21.6. The van der Waals surface area contributed by atoms with Crippen LogP contribution >= 0.6 is 11.3 Å². The standard InChI is InChI=1S/C24H22FN3O3S/c1-30-21-12-16(10-11-20(21)31-15-17-6-2-3-7-18(17)25)13-28(14-23(26)29)24-27-19-8-4-5-9-22(19)32-24/h2-12H,13-15H2,1H3,(H2,26,29). The number of carbonyl (C=O) groups excluding carboxylic acids is 1. The summed E-state index contributed by atoms with van der Waals surface area (Å²) < 4.78 is 26.2. The van der Waals surface area contributed by atoms with Gasteiger partial charge in [0, 0.05) is 12.1 Å². The average Bonchev–Trinajstić information content (AvgIpc) is 3.22. The number of thiazole rings is 1. The van der Waals surface area contributed by atoms with Gasteiger partial charge in [-0.05, 0) is 35.9 Å². The lowest BCUT2D eigenvalue weighted by Crippen LogP contribution is -2.33. The van der Waals surface area contributed by atoms with Crippen LogP contribution < -0.4 is 20.1 Å². The number of hydrogen-bond donors (Lipinski definition) is 1. The second-order valence-corrected chi connectivity index (χ2v) is 8.16. The number of methoxy groups -OCH3 is 1. The van der Waals surface area contributed by atoms with Crippen molar-refractivity contribution < 1.29 is 18.7 Å². The lowest BCUT2D eigenvalue weighted by Gasteiger charge is -2.21. The van der Waals surface area contributed by atoms with Gasteiger partial charge < -0.3 is 20.1 Å². The fourth-order valence-corrected chi connectivity index (χ4v) is 4.26. The Morgan fingerprint density at radius 3 is 2.62 bits per heavy atom. The van der Waals surface area contributed by atoms with E-state index >= 15 is 0 Å². The number of para-hydroxylation sites is 1. The molecule has 0 atom stereocenters. The van der Waals surface area contributed by atoms with Crippen LogP contribution in [0.3, 0.4) is 0 Å². The molecule has 6 nitrogen and oxygen atoms in total. The molecule has 0 aliphatic rings. The van der Waals surface area contributed by atoms with Crippen LogP contribution in [0, 0.1) is 5.82 Å². The Morgan fingerprint density at radius 2 is 1.88 bits per heavy atom. The second-order valence-electron chi connectivity index (χ2n) is 7.15. The molecule has 32 heavy (non-hydrogen) atoms. The maximum Gasteiger partial charge on any atom is 0.237 e. The number of rotatable bonds is 9. The van der Waals surface area contributed by atoms with Gasteiger partial charge in [-0.25, -0.2) is 9.37 Å². The smallest absolute Gasteiger partial charge is 0.237 e. The van der Waals surface area contributed by atoms with Crippen LogP contribution in [0.1, 0.15) is 11.1 Å². The largest absolute Gasteiger partial charge is 0.493 e. The highest BCUT2D eigenvalue weighted by atomic mass is 32.1. The third-order valence-electron chi connectivity index (χ3n) is 4.84. The van der Waals surface area contributed by atoms with Gasteiger partial charge in [-0.3, -0.25) is 4.79 Å². The van der Waals surface area contributed by atoms with Crippen molar-refractivity contribution in [2.45, 2.75) is 13.2 Å². The zero-order chi connectivity index (χ0) is 22.5. The van der Waals surface area contributed by atoms with Gasteiger partial charge in [-0.2, -0.15) is 0 Å². The molecule has 1 heterocycles. The molecule has 0 fully saturated rings. The SMILES string of the molecule is COc1cc(CN(CC(N)=O)c2nc3ccccc3s2)ccc1OCc1ccccc1F. The van der Waals surface area contributed by atoms with Crippen LogP contribution in [-0.2, 0) is 17.9 Å². The Hall–Kier alpha value is -3.65. The Balaban J connectivity index is 1.54. The summed E-state index contributed by atoms with van der Waals surface area (Å²) in [6.45, 7) is 0.530. The number of aromatic nitrogens is 1. The van der Waals surface area contributed by atoms with Gasteiger partial charge in [0.05, 0.1) is 23.9 Å². The summed E-state index contributed by atoms with van der Waals surface area (Å²) in [6, 6.07) is 19.8. The average molecular weight is 452 g/mol. The van der Waals surface area contributed by atoms with Gasteiger partial charge in [0.1, 0.15) is 12.4 Å². The van der Waals surface area contributed by atoms with Gasteiger partial charge in [0.25, 0.3) is 0 Å². The lowest BCUT2D eigenvalue weighted by molar-refractivity contribution is -0.116. The predicted octanol–water partition coefficient (Wildman–Crippen LogP) is 4.51. The molecule has 2 N–H and O–H groups in total. The van der Waals surface area contributed by atoms with Crippen molar-refractivity contribution in [2.24, 2.45) is 5.73 Å². The normalized spacial score (nSPS) is 10.8. The molecule has 0 spiro atoms. The molecule has 0 unspecified atom stereocenters. The molecule has 3 aromatic carbocycles. The van der Waals surface area contributed by atoms with E-state index in [9.17, 15) is 9.18 Å². The highest BCUT2D eigenvalue weighted by Crippen LogP contribution is 2.32. The molecule has 0 saturated carbocycles. The van der Waals surface area contributed by atoms with E-state index in [-0.39, 0.29) is 19.0 Å². The van der Waals surface area contributed by atoms with Gasteiger partial charge in [0.15, 0.2) is 16.6 Å². The van der Waals surface area contributed by atoms with Gasteiger partial charge in [0.2, 0.25) is 5.91 Å². The first-order valence-corrected chi connectivity index (χ1v) is 10.8. The predicted molar refractivity (Wildman–Crippen MR) is 124 cm³/mol. The van der Waals surface area contributed by atoms with E-state index in [0.717, 1.165) is 15.8 Å². The maximum absolute atomic E-state index is 13.9. The molecule has 164 valence electrons. The Bertz CT molecular complexity index is 1210. The maximum atomic E-state index is 13.9. The minimum atomic E-state index is -0.443. The molecule has 4 aromatic rings. The van der Waals surface area contributed by atoms with E-state index in [0.29, 0.717) is 28.7 Å². The zero-order valence-corrected chi connectivity index (χ0v) is 18.3. The highest BCUT2D eigenvalue weighted by Gasteiger charge is 2.16. The minimum Gasteiger partial charge on any atom is -0.493 e. The number of primary amides is 1. The van der Waals surface area contributed by atoms with Crippen molar-refractivity contribution in [1.82, 2.24) is 4.98 Å². The zero-order valence-electron chi connectivity index (χ0n) is 17.5. The molecule has 0 aliphatic heterocycles. The molecule has 0 aliphatic carbocycles. The number of ether oxygens (including phenoxy) is 2. The number of nitrogens with zero attached hydrogens (tertiary/aromatic N) is 2. The van der Waals surface area contributed by atoms with E-state index in [1.54, 1.807) is 31.4 Å². The summed E-state index contributed by atoms with van der Waals surface area (Å²) in [6.07, 6.45) is 0. The second kappa shape index (κ2) is 9.65. The summed E-state index contributed by atoms with van der Waals surface area (Å²) in [5.74, 6) is 0.255. The van der Waals surface area contributed by atoms with E-state index in [4.69, 9.17) is 15.2 Å². The summed E-state index contributed by atoms with van der Waals surface area (Å²) in [5, 5.41) is 0.712. The van der Waals surface area contributed by atoms with E-state index in [1.165, 1.54) is 17.4 Å². The third-order valence-corrected chi connectivity index (χ3v) is 5.94. The van der Waals surface area contributed by atoms with Crippen LogP contribution in [0.4, 0.5) is 9.52 Å². The van der Waals surface area contributed by atoms with Crippen molar-refractivity contribution in [3.63, 3.8) is 0 Å². The summed E-state index contributed by atoms with van der Waals surface area (Å²) in [5.41, 5.74) is 7.71. The monoisotopic (exact) mass is 451 g/mol. The summed E-state index contributed by atoms with van der Waals surface area (Å²) in [7, 11) is 1.55. The summed E-state index contributed by atoms with van der Waals surface area (Å²) >= 11 is 1.50. The number of halogens is 1. The molecule has 0 bridgehead atoms. The lowest BCUT2D eigenvalue weighted by atomic mass is 10.2. The number of benzene rings is 3. The van der Waals surface area contributed by atoms with Crippen LogP contribution in [0.5, 0.6) is 11.5 Å².